The molecule has 8 nitrogen and oxygen atoms in total. The number of amides is 3. The van der Waals surface area contributed by atoms with Gasteiger partial charge in [0.05, 0.1) is 12.3 Å². The van der Waals surface area contributed by atoms with E-state index in [1.807, 2.05) is 18.2 Å². The Hall–Kier alpha value is -3.33. The van der Waals surface area contributed by atoms with Crippen LogP contribution in [-0.4, -0.2) is 52.7 Å². The number of nitrogens with one attached hydrogen (secondary N) is 2. The molecule has 2 aliphatic heterocycles. The molecule has 3 amide bonds. The monoisotopic (exact) mass is 494 g/mol. The number of benzene rings is 2. The molecule has 0 spiro atoms. The lowest BCUT2D eigenvalue weighted by Gasteiger charge is -2.16. The van der Waals surface area contributed by atoms with Crippen molar-refractivity contribution in [2.75, 3.05) is 30.3 Å². The van der Waals surface area contributed by atoms with E-state index in [9.17, 15) is 14.4 Å². The minimum Gasteiger partial charge on any atom is -0.491 e. The summed E-state index contributed by atoms with van der Waals surface area (Å²) >= 11 is 1.37. The van der Waals surface area contributed by atoms with Crippen molar-refractivity contribution in [3.8, 4) is 5.75 Å². The predicted octanol–water partition coefficient (Wildman–Crippen LogP) is 4.54. The number of carbonyl (C=O) groups is 3. The molecule has 0 aliphatic carbocycles. The molecule has 1 atom stereocenters. The molecule has 4 rings (SSSR count). The molecule has 35 heavy (non-hydrogen) atoms. The van der Waals surface area contributed by atoms with Gasteiger partial charge >= 0.3 is 0 Å². The molecule has 1 unspecified atom stereocenters. The van der Waals surface area contributed by atoms with Gasteiger partial charge in [-0.3, -0.25) is 14.4 Å². The van der Waals surface area contributed by atoms with E-state index in [2.05, 4.69) is 27.4 Å². The van der Waals surface area contributed by atoms with E-state index >= 15 is 0 Å². The lowest BCUT2D eigenvalue weighted by molar-refractivity contribution is -0.121. The van der Waals surface area contributed by atoms with Gasteiger partial charge in [0.25, 0.3) is 11.8 Å². The van der Waals surface area contributed by atoms with E-state index in [-0.39, 0.29) is 24.1 Å². The number of thioether (sulfide) groups is 1. The quantitative estimate of drug-likeness (QED) is 0.497. The zero-order valence-electron chi connectivity index (χ0n) is 19.8. The van der Waals surface area contributed by atoms with Gasteiger partial charge in [0, 0.05) is 30.8 Å². The highest BCUT2D eigenvalue weighted by molar-refractivity contribution is 8.15. The van der Waals surface area contributed by atoms with Crippen LogP contribution in [0.1, 0.15) is 49.4 Å². The van der Waals surface area contributed by atoms with Crippen molar-refractivity contribution >= 4 is 46.0 Å². The van der Waals surface area contributed by atoms with Crippen LogP contribution in [0.25, 0.3) is 0 Å². The van der Waals surface area contributed by atoms with Gasteiger partial charge in [-0.2, -0.15) is 4.99 Å². The van der Waals surface area contributed by atoms with Crippen LogP contribution < -0.4 is 15.4 Å². The first-order valence-corrected chi connectivity index (χ1v) is 12.9. The predicted molar refractivity (Wildman–Crippen MR) is 139 cm³/mol. The molecular weight excluding hydrogens is 464 g/mol. The van der Waals surface area contributed by atoms with Gasteiger partial charge in [-0.25, -0.2) is 0 Å². The summed E-state index contributed by atoms with van der Waals surface area (Å²) in [6, 6.07) is 14.0. The second-order valence-corrected chi connectivity index (χ2v) is 9.69. The van der Waals surface area contributed by atoms with Crippen LogP contribution >= 0.6 is 11.8 Å². The Labute approximate surface area is 209 Å². The summed E-state index contributed by atoms with van der Waals surface area (Å²) in [4.78, 5) is 43.7. The normalized spacial score (nSPS) is 17.3. The van der Waals surface area contributed by atoms with Crippen molar-refractivity contribution in [1.82, 2.24) is 4.90 Å². The summed E-state index contributed by atoms with van der Waals surface area (Å²) in [5, 5.41) is 5.94. The van der Waals surface area contributed by atoms with Crippen LogP contribution in [0.2, 0.25) is 0 Å². The molecule has 1 saturated heterocycles. The van der Waals surface area contributed by atoms with Crippen molar-refractivity contribution in [3.05, 3.63) is 54.1 Å². The second-order valence-electron chi connectivity index (χ2n) is 8.52. The maximum atomic E-state index is 12.7. The van der Waals surface area contributed by atoms with Crippen molar-refractivity contribution in [3.63, 3.8) is 0 Å². The Morgan fingerprint density at radius 3 is 2.57 bits per heavy atom. The third kappa shape index (κ3) is 6.63. The number of nitrogens with zero attached hydrogens (tertiary/aromatic N) is 2. The van der Waals surface area contributed by atoms with Gasteiger partial charge in [-0.1, -0.05) is 37.2 Å². The first-order chi connectivity index (χ1) is 17.0. The molecular formula is C26H30N4O4S. The van der Waals surface area contributed by atoms with Gasteiger partial charge in [0.2, 0.25) is 5.91 Å². The number of hydrogen-bond donors (Lipinski definition) is 2. The smallest absolute Gasteiger partial charge is 0.262 e. The average molecular weight is 495 g/mol. The minimum atomic E-state index is -0.490. The summed E-state index contributed by atoms with van der Waals surface area (Å²) in [6.45, 7) is 4.51. The van der Waals surface area contributed by atoms with Gasteiger partial charge in [0.15, 0.2) is 5.17 Å². The van der Waals surface area contributed by atoms with Gasteiger partial charge < -0.3 is 20.3 Å². The average Bonchev–Trinajstić information content (AvgIpc) is 3.51. The third-order valence-electron chi connectivity index (χ3n) is 5.80. The van der Waals surface area contributed by atoms with Crippen LogP contribution in [0, 0.1) is 0 Å². The fourth-order valence-corrected chi connectivity index (χ4v) is 4.97. The Morgan fingerprint density at radius 1 is 1.09 bits per heavy atom. The Bertz CT molecular complexity index is 1100. The number of anilines is 2. The lowest BCUT2D eigenvalue weighted by atomic mass is 10.1. The van der Waals surface area contributed by atoms with E-state index in [1.165, 1.54) is 11.8 Å². The number of carbonyl (C=O) groups excluding carboxylic acids is 3. The standard InChI is InChI=1S/C26H30N4O4S/c1-2-3-16-34-21-9-5-4-8-20(21)28-24(32)18-10-12-19(13-11-18)27-23(31)17-22-25(33)29-26(35-22)30-14-6-7-15-30/h4-5,8-13,22H,2-3,6-7,14-17H2,1H3,(H,27,31)(H,28,32). The van der Waals surface area contributed by atoms with Crippen LogP contribution in [0.15, 0.2) is 53.5 Å². The maximum Gasteiger partial charge on any atom is 0.262 e. The fourth-order valence-electron chi connectivity index (χ4n) is 3.85. The molecule has 184 valence electrons. The van der Waals surface area contributed by atoms with E-state index in [0.29, 0.717) is 29.3 Å². The molecule has 9 heteroatoms. The molecule has 1 fully saturated rings. The highest BCUT2D eigenvalue weighted by Crippen LogP contribution is 2.29. The van der Waals surface area contributed by atoms with Crippen LogP contribution in [-0.2, 0) is 9.59 Å². The summed E-state index contributed by atoms with van der Waals surface area (Å²) in [5.41, 5.74) is 1.63. The first kappa shape index (κ1) is 24.8. The summed E-state index contributed by atoms with van der Waals surface area (Å²) in [7, 11) is 0. The molecule has 2 N–H and O–H groups in total. The highest BCUT2D eigenvalue weighted by Gasteiger charge is 2.33. The fraction of sp³-hybridized carbons (Fsp3) is 0.385. The number of likely N-dealkylation sites (tertiary alicyclic amines) is 1. The molecule has 0 radical (unpaired) electrons. The molecule has 2 aliphatic rings. The Kier molecular flexibility index (Phi) is 8.41. The van der Waals surface area contributed by atoms with Crippen molar-refractivity contribution in [2.45, 2.75) is 44.3 Å². The summed E-state index contributed by atoms with van der Waals surface area (Å²) in [5.74, 6) is -0.148. The van der Waals surface area contributed by atoms with Crippen LogP contribution in [0.4, 0.5) is 11.4 Å². The summed E-state index contributed by atoms with van der Waals surface area (Å²) < 4.78 is 5.78. The SMILES string of the molecule is CCCCOc1ccccc1NC(=O)c1ccc(NC(=O)CC2SC(N3CCCC3)=NC2=O)cc1. The van der Waals surface area contributed by atoms with Crippen LogP contribution in [0.5, 0.6) is 5.75 Å². The molecule has 2 heterocycles. The largest absolute Gasteiger partial charge is 0.491 e. The number of unbranched alkanes of at least 4 members (excludes halogenated alkanes) is 1. The zero-order chi connectivity index (χ0) is 24.6. The summed E-state index contributed by atoms with van der Waals surface area (Å²) in [6.07, 6.45) is 4.23. The Balaban J connectivity index is 1.28. The van der Waals surface area contributed by atoms with Gasteiger partial charge in [0.1, 0.15) is 11.0 Å². The molecule has 2 aromatic carbocycles. The van der Waals surface area contributed by atoms with Gasteiger partial charge in [-0.05, 0) is 55.7 Å². The zero-order valence-corrected chi connectivity index (χ0v) is 20.6. The van der Waals surface area contributed by atoms with E-state index in [1.54, 1.807) is 30.3 Å². The van der Waals surface area contributed by atoms with E-state index in [0.717, 1.165) is 43.9 Å². The molecule has 0 bridgehead atoms. The third-order valence-corrected chi connectivity index (χ3v) is 7.01. The molecule has 2 aromatic rings. The van der Waals surface area contributed by atoms with Crippen molar-refractivity contribution in [2.24, 2.45) is 4.99 Å². The number of rotatable bonds is 9. The number of para-hydroxylation sites is 2. The highest BCUT2D eigenvalue weighted by atomic mass is 32.2. The number of ether oxygens (including phenoxy) is 1. The van der Waals surface area contributed by atoms with Crippen molar-refractivity contribution in [1.29, 1.82) is 0 Å². The molecule has 0 saturated carbocycles. The minimum absolute atomic E-state index is 0.0569. The Morgan fingerprint density at radius 2 is 1.83 bits per heavy atom. The van der Waals surface area contributed by atoms with E-state index < -0.39 is 5.25 Å². The van der Waals surface area contributed by atoms with E-state index in [4.69, 9.17) is 4.74 Å². The number of amidine groups is 1. The topological polar surface area (TPSA) is 100 Å². The number of aliphatic imine (C=N–C) groups is 1. The molecule has 0 aromatic heterocycles. The maximum absolute atomic E-state index is 12.7. The second kappa shape index (κ2) is 11.9. The lowest BCUT2D eigenvalue weighted by Crippen LogP contribution is -2.25. The number of hydrogen-bond acceptors (Lipinski definition) is 6. The van der Waals surface area contributed by atoms with Gasteiger partial charge in [-0.15, -0.1) is 0 Å². The first-order valence-electron chi connectivity index (χ1n) is 12.0. The van der Waals surface area contributed by atoms with Crippen molar-refractivity contribution < 1.29 is 19.1 Å². The van der Waals surface area contributed by atoms with Crippen LogP contribution in [0.3, 0.4) is 0 Å².